The van der Waals surface area contributed by atoms with Gasteiger partial charge in [-0.05, 0) is 36.9 Å². The van der Waals surface area contributed by atoms with E-state index in [2.05, 4.69) is 15.2 Å². The second kappa shape index (κ2) is 7.44. The number of amides is 2. The number of pyridine rings is 1. The van der Waals surface area contributed by atoms with E-state index in [1.165, 1.54) is 0 Å². The largest absolute Gasteiger partial charge is 0.355 e. The Kier molecular flexibility index (Phi) is 5.09. The van der Waals surface area contributed by atoms with Crippen molar-refractivity contribution in [3.8, 4) is 0 Å². The molecule has 0 spiro atoms. The molecule has 1 saturated heterocycles. The van der Waals surface area contributed by atoms with Gasteiger partial charge < -0.3 is 10.2 Å². The molecule has 1 aromatic carbocycles. The lowest BCUT2D eigenvalue weighted by atomic mass is 10.00. The molecule has 1 aromatic heterocycles. The zero-order valence-corrected chi connectivity index (χ0v) is 14.5. The van der Waals surface area contributed by atoms with Gasteiger partial charge in [0.15, 0.2) is 0 Å². The second-order valence-corrected chi connectivity index (χ2v) is 6.19. The first kappa shape index (κ1) is 17.1. The smallest absolute Gasteiger partial charge is 0.255 e. The summed E-state index contributed by atoms with van der Waals surface area (Å²) in [6.07, 6.45) is 3.26. The van der Waals surface area contributed by atoms with Crippen LogP contribution in [-0.4, -0.2) is 60.3 Å². The number of nitrogens with one attached hydrogen (secondary N) is 1. The number of piperazine rings is 1. The number of carbonyl (C=O) groups is 2. The van der Waals surface area contributed by atoms with Gasteiger partial charge >= 0.3 is 0 Å². The monoisotopic (exact) mass is 338 g/mol. The molecule has 1 unspecified atom stereocenters. The van der Waals surface area contributed by atoms with Crippen LogP contribution in [0, 0.1) is 0 Å². The first-order valence-electron chi connectivity index (χ1n) is 8.31. The molecular weight excluding hydrogens is 316 g/mol. The third-order valence-corrected chi connectivity index (χ3v) is 4.60. The van der Waals surface area contributed by atoms with E-state index in [1.807, 2.05) is 30.1 Å². The third kappa shape index (κ3) is 3.69. The number of rotatable bonds is 3. The van der Waals surface area contributed by atoms with Crippen LogP contribution in [-0.2, 0) is 0 Å². The summed E-state index contributed by atoms with van der Waals surface area (Å²) in [5.41, 5.74) is 2.27. The molecule has 0 radical (unpaired) electrons. The van der Waals surface area contributed by atoms with Gasteiger partial charge in [0.2, 0.25) is 0 Å². The lowest BCUT2D eigenvalue weighted by Gasteiger charge is -2.39. The average molecular weight is 338 g/mol. The maximum absolute atomic E-state index is 12.7. The molecule has 3 rings (SSSR count). The second-order valence-electron chi connectivity index (χ2n) is 6.19. The van der Waals surface area contributed by atoms with Crippen LogP contribution in [0.15, 0.2) is 48.8 Å². The minimum absolute atomic E-state index is 0.00587. The molecule has 2 heterocycles. The molecule has 2 aromatic rings. The van der Waals surface area contributed by atoms with Crippen molar-refractivity contribution in [1.29, 1.82) is 0 Å². The quantitative estimate of drug-likeness (QED) is 0.923. The number of carbonyl (C=O) groups excluding carboxylic acids is 2. The summed E-state index contributed by atoms with van der Waals surface area (Å²) < 4.78 is 0. The molecule has 0 saturated carbocycles. The third-order valence-electron chi connectivity index (χ3n) is 4.60. The van der Waals surface area contributed by atoms with Crippen LogP contribution in [0.2, 0.25) is 0 Å². The SMILES string of the molecule is CNC(=O)c1cccc(C2CN(C(=O)c3cccnc3)CCN2C)c1. The highest BCUT2D eigenvalue weighted by Gasteiger charge is 2.29. The zero-order valence-electron chi connectivity index (χ0n) is 14.5. The lowest BCUT2D eigenvalue weighted by molar-refractivity contribution is 0.0545. The molecule has 1 aliphatic heterocycles. The van der Waals surface area contributed by atoms with Gasteiger partial charge in [0.25, 0.3) is 11.8 Å². The van der Waals surface area contributed by atoms with Crippen LogP contribution in [0.1, 0.15) is 32.3 Å². The summed E-state index contributed by atoms with van der Waals surface area (Å²) >= 11 is 0. The van der Waals surface area contributed by atoms with Crippen LogP contribution < -0.4 is 5.32 Å². The Labute approximate surface area is 147 Å². The summed E-state index contributed by atoms with van der Waals surface area (Å²) in [4.78, 5) is 32.7. The highest BCUT2D eigenvalue weighted by molar-refractivity contribution is 5.94. The molecular formula is C19H22N4O2. The van der Waals surface area contributed by atoms with Gasteiger partial charge in [-0.25, -0.2) is 0 Å². The van der Waals surface area contributed by atoms with Crippen molar-refractivity contribution < 1.29 is 9.59 Å². The summed E-state index contributed by atoms with van der Waals surface area (Å²) in [5.74, 6) is -0.114. The van der Waals surface area contributed by atoms with Gasteiger partial charge in [-0.1, -0.05) is 12.1 Å². The van der Waals surface area contributed by atoms with E-state index in [-0.39, 0.29) is 17.9 Å². The van der Waals surface area contributed by atoms with Gasteiger partial charge in [-0.15, -0.1) is 0 Å². The Hall–Kier alpha value is -2.73. The first-order chi connectivity index (χ1) is 12.1. The van der Waals surface area contributed by atoms with Gasteiger partial charge in [0.1, 0.15) is 0 Å². The normalized spacial score (nSPS) is 18.0. The van der Waals surface area contributed by atoms with E-state index in [9.17, 15) is 9.59 Å². The van der Waals surface area contributed by atoms with Crippen molar-refractivity contribution in [3.05, 3.63) is 65.5 Å². The van der Waals surface area contributed by atoms with Crippen LogP contribution in [0.25, 0.3) is 0 Å². The molecule has 6 nitrogen and oxygen atoms in total. The van der Waals surface area contributed by atoms with Gasteiger partial charge in [0.05, 0.1) is 11.6 Å². The molecule has 1 N–H and O–H groups in total. The number of hydrogen-bond acceptors (Lipinski definition) is 4. The number of hydrogen-bond donors (Lipinski definition) is 1. The molecule has 6 heteroatoms. The summed E-state index contributed by atoms with van der Waals surface area (Å²) in [6.45, 7) is 2.04. The average Bonchev–Trinajstić information content (AvgIpc) is 2.68. The van der Waals surface area contributed by atoms with Crippen molar-refractivity contribution in [3.63, 3.8) is 0 Å². The Morgan fingerprint density at radius 2 is 1.96 bits per heavy atom. The van der Waals surface area contributed by atoms with E-state index in [0.29, 0.717) is 24.2 Å². The molecule has 1 fully saturated rings. The van der Waals surface area contributed by atoms with Crippen molar-refractivity contribution in [2.24, 2.45) is 0 Å². The highest BCUT2D eigenvalue weighted by atomic mass is 16.2. The van der Waals surface area contributed by atoms with Crippen molar-refractivity contribution in [2.45, 2.75) is 6.04 Å². The number of benzene rings is 1. The van der Waals surface area contributed by atoms with Crippen LogP contribution in [0.5, 0.6) is 0 Å². The minimum atomic E-state index is -0.108. The van der Waals surface area contributed by atoms with Gasteiger partial charge in [-0.2, -0.15) is 0 Å². The summed E-state index contributed by atoms with van der Waals surface area (Å²) in [6, 6.07) is 11.2. The molecule has 0 aliphatic carbocycles. The van der Waals surface area contributed by atoms with E-state index >= 15 is 0 Å². The number of aromatic nitrogens is 1. The zero-order chi connectivity index (χ0) is 17.8. The molecule has 130 valence electrons. The Bertz CT molecular complexity index is 763. The predicted octanol–water partition coefficient (Wildman–Crippen LogP) is 1.57. The minimum Gasteiger partial charge on any atom is -0.355 e. The van der Waals surface area contributed by atoms with E-state index in [4.69, 9.17) is 0 Å². The predicted molar refractivity (Wildman–Crippen MR) is 95.3 cm³/mol. The van der Waals surface area contributed by atoms with Gasteiger partial charge in [-0.3, -0.25) is 19.5 Å². The number of nitrogens with zero attached hydrogens (tertiary/aromatic N) is 3. The maximum atomic E-state index is 12.7. The summed E-state index contributed by atoms with van der Waals surface area (Å²) in [7, 11) is 3.67. The number of likely N-dealkylation sites (N-methyl/N-ethyl adjacent to an activating group) is 1. The van der Waals surface area contributed by atoms with Crippen LogP contribution >= 0.6 is 0 Å². The first-order valence-corrected chi connectivity index (χ1v) is 8.31. The maximum Gasteiger partial charge on any atom is 0.255 e. The fraction of sp³-hybridized carbons (Fsp3) is 0.316. The van der Waals surface area contributed by atoms with Crippen LogP contribution in [0.3, 0.4) is 0 Å². The Morgan fingerprint density at radius 3 is 2.68 bits per heavy atom. The van der Waals surface area contributed by atoms with Crippen molar-refractivity contribution >= 4 is 11.8 Å². The fourth-order valence-electron chi connectivity index (χ4n) is 3.12. The molecule has 0 bridgehead atoms. The van der Waals surface area contributed by atoms with E-state index in [0.717, 1.165) is 12.1 Å². The van der Waals surface area contributed by atoms with E-state index in [1.54, 1.807) is 37.6 Å². The lowest BCUT2D eigenvalue weighted by Crippen LogP contribution is -2.49. The Morgan fingerprint density at radius 1 is 1.16 bits per heavy atom. The Balaban J connectivity index is 1.82. The van der Waals surface area contributed by atoms with E-state index < -0.39 is 0 Å². The molecule has 2 amide bonds. The van der Waals surface area contributed by atoms with Crippen LogP contribution in [0.4, 0.5) is 0 Å². The molecule has 25 heavy (non-hydrogen) atoms. The standard InChI is InChI=1S/C19H22N4O2/c1-20-18(24)15-6-3-5-14(11-15)17-13-23(10-9-22(17)2)19(25)16-7-4-8-21-12-16/h3-8,11-12,17H,9-10,13H2,1-2H3,(H,20,24). The fourth-order valence-corrected chi connectivity index (χ4v) is 3.12. The van der Waals surface area contributed by atoms with Gasteiger partial charge in [0, 0.05) is 44.6 Å². The van der Waals surface area contributed by atoms with Crippen molar-refractivity contribution in [2.75, 3.05) is 33.7 Å². The molecule has 1 aliphatic rings. The molecule has 1 atom stereocenters. The topological polar surface area (TPSA) is 65.5 Å². The highest BCUT2D eigenvalue weighted by Crippen LogP contribution is 2.25. The summed E-state index contributed by atoms with van der Waals surface area (Å²) in [5, 5.41) is 2.65. The van der Waals surface area contributed by atoms with Crippen molar-refractivity contribution in [1.82, 2.24) is 20.1 Å².